The zero-order valence-electron chi connectivity index (χ0n) is 26.9. The first-order valence-corrected chi connectivity index (χ1v) is 17.6. The molecule has 40 heavy (non-hydrogen) atoms. The third-order valence-electron chi connectivity index (χ3n) is 7.93. The molecule has 0 aliphatic rings. The molecule has 2 atom stereocenters. The van der Waals surface area contributed by atoms with E-state index in [1.165, 1.54) is 128 Å². The second-order valence-electron chi connectivity index (χ2n) is 11.9. The highest BCUT2D eigenvalue weighted by atomic mass is 16.3. The van der Waals surface area contributed by atoms with Crippen molar-refractivity contribution in [1.29, 1.82) is 0 Å². The monoisotopic (exact) mass is 564 g/mol. The Balaban J connectivity index is 3.65. The fourth-order valence-corrected chi connectivity index (χ4v) is 5.17. The highest BCUT2D eigenvalue weighted by molar-refractivity contribution is 5.76. The fraction of sp³-hybridized carbons (Fsp3) is 0.861. The summed E-state index contributed by atoms with van der Waals surface area (Å²) in [6, 6.07) is -0.621. The molecule has 2 unspecified atom stereocenters. The lowest BCUT2D eigenvalue weighted by atomic mass is 10.0. The quantitative estimate of drug-likeness (QED) is 0.0580. The average Bonchev–Trinajstić information content (AvgIpc) is 2.96. The summed E-state index contributed by atoms with van der Waals surface area (Å²) in [5.41, 5.74) is 0. The zero-order valence-corrected chi connectivity index (χ0v) is 26.9. The first kappa shape index (κ1) is 38.9. The number of amides is 1. The van der Waals surface area contributed by atoms with Crippen LogP contribution in [0.1, 0.15) is 181 Å². The largest absolute Gasteiger partial charge is 0.394 e. The summed E-state index contributed by atoms with van der Waals surface area (Å²) in [6.07, 6.45) is 39.7. The van der Waals surface area contributed by atoms with E-state index in [9.17, 15) is 15.0 Å². The Morgan fingerprint density at radius 2 is 0.950 bits per heavy atom. The molecule has 0 aliphatic heterocycles. The number of unbranched alkanes of at least 4 members (excludes halogenated alkanes) is 22. The zero-order chi connectivity index (χ0) is 29.4. The van der Waals surface area contributed by atoms with Crippen LogP contribution >= 0.6 is 0 Å². The molecule has 0 aliphatic carbocycles. The Bertz CT molecular complexity index is 574. The van der Waals surface area contributed by atoms with Crippen molar-refractivity contribution >= 4 is 5.91 Å². The lowest BCUT2D eigenvalue weighted by Crippen LogP contribution is -2.45. The molecule has 0 rings (SSSR count). The molecule has 0 saturated heterocycles. The first-order chi connectivity index (χ1) is 19.7. The number of rotatable bonds is 31. The predicted octanol–water partition coefficient (Wildman–Crippen LogP) is 10.1. The van der Waals surface area contributed by atoms with E-state index in [2.05, 4.69) is 31.3 Å². The first-order valence-electron chi connectivity index (χ1n) is 17.6. The van der Waals surface area contributed by atoms with Crippen LogP contribution in [0.3, 0.4) is 0 Å². The predicted molar refractivity (Wildman–Crippen MR) is 175 cm³/mol. The van der Waals surface area contributed by atoms with Crippen LogP contribution in [0.2, 0.25) is 0 Å². The van der Waals surface area contributed by atoms with Crippen molar-refractivity contribution in [2.45, 2.75) is 193 Å². The minimum atomic E-state index is -0.837. The van der Waals surface area contributed by atoms with Crippen molar-refractivity contribution < 1.29 is 15.0 Å². The third kappa shape index (κ3) is 28.4. The van der Waals surface area contributed by atoms with Gasteiger partial charge in [-0.3, -0.25) is 4.79 Å². The number of carbonyl (C=O) groups is 1. The van der Waals surface area contributed by atoms with E-state index < -0.39 is 12.1 Å². The maximum atomic E-state index is 12.3. The minimum absolute atomic E-state index is 0.0745. The maximum absolute atomic E-state index is 12.3. The van der Waals surface area contributed by atoms with Gasteiger partial charge in [0.1, 0.15) is 0 Å². The molecule has 4 heteroatoms. The number of aliphatic hydroxyl groups is 2. The van der Waals surface area contributed by atoms with Crippen LogP contribution in [0.5, 0.6) is 0 Å². The van der Waals surface area contributed by atoms with E-state index in [-0.39, 0.29) is 12.5 Å². The van der Waals surface area contributed by atoms with Crippen molar-refractivity contribution in [3.63, 3.8) is 0 Å². The van der Waals surface area contributed by atoms with Crippen LogP contribution in [0.15, 0.2) is 24.3 Å². The van der Waals surface area contributed by atoms with Gasteiger partial charge in [-0.1, -0.05) is 154 Å². The van der Waals surface area contributed by atoms with Gasteiger partial charge in [-0.15, -0.1) is 0 Å². The van der Waals surface area contributed by atoms with E-state index in [1.807, 2.05) is 6.08 Å². The summed E-state index contributed by atoms with van der Waals surface area (Å²) < 4.78 is 0. The minimum Gasteiger partial charge on any atom is -0.394 e. The van der Waals surface area contributed by atoms with Crippen molar-refractivity contribution in [2.75, 3.05) is 6.61 Å². The third-order valence-corrected chi connectivity index (χ3v) is 7.93. The molecule has 236 valence electrons. The Labute approximate surface area is 249 Å². The fourth-order valence-electron chi connectivity index (χ4n) is 5.17. The van der Waals surface area contributed by atoms with Crippen molar-refractivity contribution in [3.05, 3.63) is 24.3 Å². The summed E-state index contributed by atoms with van der Waals surface area (Å²) in [7, 11) is 0. The van der Waals surface area contributed by atoms with Crippen LogP contribution in [0.25, 0.3) is 0 Å². The summed E-state index contributed by atoms with van der Waals surface area (Å²) in [6.45, 7) is 4.28. The summed E-state index contributed by atoms with van der Waals surface area (Å²) in [5.74, 6) is -0.0745. The summed E-state index contributed by atoms with van der Waals surface area (Å²) in [4.78, 5) is 12.3. The van der Waals surface area contributed by atoms with Gasteiger partial charge in [0.2, 0.25) is 5.91 Å². The molecule has 0 bridgehead atoms. The van der Waals surface area contributed by atoms with Crippen molar-refractivity contribution in [3.8, 4) is 0 Å². The number of hydrogen-bond acceptors (Lipinski definition) is 3. The van der Waals surface area contributed by atoms with Gasteiger partial charge in [-0.25, -0.2) is 0 Å². The van der Waals surface area contributed by atoms with Crippen molar-refractivity contribution in [1.82, 2.24) is 5.32 Å². The standard InChI is InChI=1S/C36H69NO3/c1-3-5-7-9-11-13-15-17-18-20-22-24-26-28-30-32-36(40)37-34(33-38)35(39)31-29-27-25-23-21-19-16-14-12-10-8-6-4-2/h17-18,29,31,34-35,38-39H,3-16,19-28,30,32-33H2,1-2H3,(H,37,40)/b18-17-,31-29+. The number of aliphatic hydroxyl groups excluding tert-OH is 2. The Morgan fingerprint density at radius 3 is 1.38 bits per heavy atom. The van der Waals surface area contributed by atoms with Gasteiger partial charge in [0.05, 0.1) is 18.8 Å². The average molecular weight is 564 g/mol. The van der Waals surface area contributed by atoms with Crippen LogP contribution < -0.4 is 5.32 Å². The van der Waals surface area contributed by atoms with Gasteiger partial charge < -0.3 is 15.5 Å². The molecule has 0 saturated carbocycles. The number of carbonyl (C=O) groups excluding carboxylic acids is 1. The van der Waals surface area contributed by atoms with E-state index in [4.69, 9.17) is 0 Å². The lowest BCUT2D eigenvalue weighted by molar-refractivity contribution is -0.123. The molecule has 0 aromatic carbocycles. The SMILES string of the molecule is CCCCCCCC/C=C\CCCCCCCC(=O)NC(CO)C(O)/C=C/CCCCCCCCCCCCC. The van der Waals surface area contributed by atoms with Crippen LogP contribution in [-0.4, -0.2) is 34.9 Å². The number of allylic oxidation sites excluding steroid dienone is 3. The maximum Gasteiger partial charge on any atom is 0.220 e. The van der Waals surface area contributed by atoms with Gasteiger partial charge in [0.25, 0.3) is 0 Å². The molecule has 0 spiro atoms. The van der Waals surface area contributed by atoms with Crippen molar-refractivity contribution in [2.24, 2.45) is 0 Å². The molecular formula is C36H69NO3. The normalized spacial score (nSPS) is 13.4. The molecule has 3 N–H and O–H groups in total. The second kappa shape index (κ2) is 32.4. The molecule has 0 fully saturated rings. The summed E-state index contributed by atoms with van der Waals surface area (Å²) >= 11 is 0. The van der Waals surface area contributed by atoms with Crippen LogP contribution in [0, 0.1) is 0 Å². The number of hydrogen-bond donors (Lipinski definition) is 3. The van der Waals surface area contributed by atoms with Gasteiger partial charge in [0, 0.05) is 6.42 Å². The topological polar surface area (TPSA) is 69.6 Å². The molecule has 1 amide bonds. The van der Waals surface area contributed by atoms with Gasteiger partial charge >= 0.3 is 0 Å². The number of nitrogens with one attached hydrogen (secondary N) is 1. The highest BCUT2D eigenvalue weighted by Crippen LogP contribution is 2.13. The van der Waals surface area contributed by atoms with E-state index >= 15 is 0 Å². The van der Waals surface area contributed by atoms with Crippen LogP contribution in [-0.2, 0) is 4.79 Å². The van der Waals surface area contributed by atoms with Gasteiger partial charge in [0.15, 0.2) is 0 Å². The smallest absolute Gasteiger partial charge is 0.220 e. The van der Waals surface area contributed by atoms with E-state index in [0.29, 0.717) is 6.42 Å². The molecule has 0 heterocycles. The second-order valence-corrected chi connectivity index (χ2v) is 11.9. The van der Waals surface area contributed by atoms with Gasteiger partial charge in [-0.05, 0) is 44.9 Å². The lowest BCUT2D eigenvalue weighted by Gasteiger charge is -2.20. The molecular weight excluding hydrogens is 494 g/mol. The molecule has 4 nitrogen and oxygen atoms in total. The molecule has 0 aromatic heterocycles. The highest BCUT2D eigenvalue weighted by Gasteiger charge is 2.17. The Kier molecular flexibility index (Phi) is 31.5. The molecule has 0 aromatic rings. The van der Waals surface area contributed by atoms with E-state index in [1.54, 1.807) is 6.08 Å². The van der Waals surface area contributed by atoms with Gasteiger partial charge in [-0.2, -0.15) is 0 Å². The Hall–Kier alpha value is -1.13. The van der Waals surface area contributed by atoms with Crippen LogP contribution in [0.4, 0.5) is 0 Å². The molecule has 0 radical (unpaired) electrons. The summed E-state index contributed by atoms with van der Waals surface area (Å²) in [5, 5.41) is 22.8. The Morgan fingerprint density at radius 1 is 0.575 bits per heavy atom. The van der Waals surface area contributed by atoms with E-state index in [0.717, 1.165) is 32.1 Å².